The fourth-order valence-electron chi connectivity index (χ4n) is 3.99. The second kappa shape index (κ2) is 9.74. The molecule has 0 saturated carbocycles. The summed E-state index contributed by atoms with van der Waals surface area (Å²) in [6.45, 7) is 1.72. The number of ether oxygens (including phenoxy) is 1. The van der Waals surface area contributed by atoms with Gasteiger partial charge in [-0.3, -0.25) is 9.52 Å². The molecule has 4 aromatic rings. The molecule has 0 aliphatic heterocycles. The predicted molar refractivity (Wildman–Crippen MR) is 129 cm³/mol. The third kappa shape index (κ3) is 6.00. The molecule has 0 spiro atoms. The summed E-state index contributed by atoms with van der Waals surface area (Å²) in [5, 5.41) is 10.5. The molecule has 0 unspecified atom stereocenters. The fraction of sp³-hybridized carbons (Fsp3) is 0.115. The highest BCUT2D eigenvalue weighted by atomic mass is 32.2. The lowest BCUT2D eigenvalue weighted by atomic mass is 9.89. The average Bonchev–Trinajstić information content (AvgIpc) is 2.80. The maximum Gasteiger partial charge on any atom is 0.573 e. The van der Waals surface area contributed by atoms with E-state index in [4.69, 9.17) is 0 Å². The van der Waals surface area contributed by atoms with Crippen molar-refractivity contribution in [2.75, 3.05) is 4.72 Å². The first kappa shape index (κ1) is 26.0. The average molecular weight is 533 g/mol. The Morgan fingerprint density at radius 2 is 1.62 bits per heavy atom. The molecular formula is C26H19F4NO5S. The van der Waals surface area contributed by atoms with E-state index in [1.165, 1.54) is 36.4 Å². The molecule has 0 aromatic heterocycles. The van der Waals surface area contributed by atoms with E-state index in [0.29, 0.717) is 33.0 Å². The Kier molecular flexibility index (Phi) is 6.83. The zero-order valence-corrected chi connectivity index (χ0v) is 20.0. The van der Waals surface area contributed by atoms with Crippen molar-refractivity contribution in [1.82, 2.24) is 0 Å². The van der Waals surface area contributed by atoms with Crippen molar-refractivity contribution in [2.24, 2.45) is 0 Å². The number of aliphatic carboxylic acids is 1. The van der Waals surface area contributed by atoms with Crippen LogP contribution in [0.5, 0.6) is 5.75 Å². The van der Waals surface area contributed by atoms with E-state index in [1.54, 1.807) is 19.1 Å². The molecule has 0 atom stereocenters. The predicted octanol–water partition coefficient (Wildman–Crippen LogP) is 6.28. The largest absolute Gasteiger partial charge is 0.573 e. The summed E-state index contributed by atoms with van der Waals surface area (Å²) < 4.78 is 82.7. The summed E-state index contributed by atoms with van der Waals surface area (Å²) in [6, 6.07) is 15.8. The molecule has 0 amide bonds. The number of carbonyl (C=O) groups is 1. The van der Waals surface area contributed by atoms with E-state index in [0.717, 1.165) is 24.3 Å². The highest BCUT2D eigenvalue weighted by Gasteiger charge is 2.31. The Labute approximate surface area is 209 Å². The second-order valence-electron chi connectivity index (χ2n) is 8.17. The summed E-state index contributed by atoms with van der Waals surface area (Å²) in [5.74, 6) is -2.00. The molecule has 2 N–H and O–H groups in total. The van der Waals surface area contributed by atoms with E-state index in [2.05, 4.69) is 9.46 Å². The number of carboxylic acids is 1. The van der Waals surface area contributed by atoms with Crippen LogP contribution in [0.25, 0.3) is 21.9 Å². The van der Waals surface area contributed by atoms with E-state index < -0.39 is 33.9 Å². The van der Waals surface area contributed by atoms with Crippen LogP contribution in [0.2, 0.25) is 0 Å². The molecule has 0 bridgehead atoms. The smallest absolute Gasteiger partial charge is 0.481 e. The van der Waals surface area contributed by atoms with Crippen LogP contribution in [0.15, 0.2) is 77.7 Å². The molecule has 0 radical (unpaired) electrons. The molecule has 0 saturated heterocycles. The van der Waals surface area contributed by atoms with Gasteiger partial charge in [-0.2, -0.15) is 0 Å². The van der Waals surface area contributed by atoms with Gasteiger partial charge >= 0.3 is 12.3 Å². The number of carboxylic acid groups (broad SMARTS) is 1. The number of alkyl halides is 3. The highest BCUT2D eigenvalue weighted by molar-refractivity contribution is 7.92. The third-order valence-corrected chi connectivity index (χ3v) is 7.00. The van der Waals surface area contributed by atoms with Crippen LogP contribution in [0, 0.1) is 12.7 Å². The van der Waals surface area contributed by atoms with Crippen molar-refractivity contribution in [3.8, 4) is 16.9 Å². The highest BCUT2D eigenvalue weighted by Crippen LogP contribution is 2.36. The Balaban J connectivity index is 1.67. The first-order valence-corrected chi connectivity index (χ1v) is 12.2. The van der Waals surface area contributed by atoms with Crippen molar-refractivity contribution in [3.05, 3.63) is 89.7 Å². The van der Waals surface area contributed by atoms with Crippen LogP contribution >= 0.6 is 0 Å². The van der Waals surface area contributed by atoms with E-state index >= 15 is 0 Å². The van der Waals surface area contributed by atoms with Gasteiger partial charge in [-0.25, -0.2) is 12.8 Å². The number of sulfonamides is 1. The zero-order valence-electron chi connectivity index (χ0n) is 19.1. The van der Waals surface area contributed by atoms with Crippen molar-refractivity contribution >= 4 is 32.5 Å². The Morgan fingerprint density at radius 3 is 2.22 bits per heavy atom. The number of halogens is 4. The van der Waals surface area contributed by atoms with Crippen LogP contribution < -0.4 is 9.46 Å². The Morgan fingerprint density at radius 1 is 0.973 bits per heavy atom. The maximum atomic E-state index is 14.1. The Bertz CT molecular complexity index is 1580. The molecular weight excluding hydrogens is 514 g/mol. The molecule has 0 aliphatic carbocycles. The van der Waals surface area contributed by atoms with Crippen molar-refractivity contribution in [3.63, 3.8) is 0 Å². The summed E-state index contributed by atoms with van der Waals surface area (Å²) in [4.78, 5) is 11.2. The summed E-state index contributed by atoms with van der Waals surface area (Å²) >= 11 is 0. The number of benzene rings is 4. The fourth-order valence-corrected chi connectivity index (χ4v) is 5.05. The first-order chi connectivity index (χ1) is 17.3. The van der Waals surface area contributed by atoms with E-state index in [1.807, 2.05) is 0 Å². The standard InChI is InChI=1S/C26H19F4NO5S/c1-15-18(13-24(32)33)12-17-2-5-19(27)14-23(17)25(15)16-3-10-22(11-4-16)37(34,35)31-20-6-8-21(9-7-20)36-26(28,29)30/h2-12,14,31H,13H2,1H3,(H,32,33). The lowest BCUT2D eigenvalue weighted by Gasteiger charge is -2.16. The molecule has 4 rings (SSSR count). The van der Waals surface area contributed by atoms with Gasteiger partial charge in [-0.15, -0.1) is 13.2 Å². The number of nitrogens with one attached hydrogen (secondary N) is 1. The minimum absolute atomic E-state index is 0.0253. The van der Waals surface area contributed by atoms with E-state index in [9.17, 15) is 35.9 Å². The molecule has 0 heterocycles. The van der Waals surface area contributed by atoms with Gasteiger partial charge < -0.3 is 9.84 Å². The number of fused-ring (bicyclic) bond motifs is 1. The molecule has 37 heavy (non-hydrogen) atoms. The zero-order chi connectivity index (χ0) is 27.0. The monoisotopic (exact) mass is 533 g/mol. The van der Waals surface area contributed by atoms with Gasteiger partial charge in [0, 0.05) is 5.69 Å². The quantitative estimate of drug-likeness (QED) is 0.273. The normalized spacial score (nSPS) is 11.9. The molecule has 6 nitrogen and oxygen atoms in total. The summed E-state index contributed by atoms with van der Waals surface area (Å²) in [5.41, 5.74) is 2.31. The summed E-state index contributed by atoms with van der Waals surface area (Å²) in [6.07, 6.45) is -5.11. The van der Waals surface area contributed by atoms with E-state index in [-0.39, 0.29) is 17.0 Å². The van der Waals surface area contributed by atoms with Gasteiger partial charge in [0.05, 0.1) is 11.3 Å². The minimum atomic E-state index is -4.87. The summed E-state index contributed by atoms with van der Waals surface area (Å²) in [7, 11) is -4.09. The number of hydrogen-bond acceptors (Lipinski definition) is 4. The SMILES string of the molecule is Cc1c(CC(=O)O)cc2ccc(F)cc2c1-c1ccc(S(=O)(=O)Nc2ccc(OC(F)(F)F)cc2)cc1. The topological polar surface area (TPSA) is 92.7 Å². The molecule has 4 aromatic carbocycles. The third-order valence-electron chi connectivity index (χ3n) is 5.61. The van der Waals surface area contributed by atoms with Crippen LogP contribution in [0.1, 0.15) is 11.1 Å². The number of rotatable bonds is 7. The molecule has 0 aliphatic rings. The maximum absolute atomic E-state index is 14.1. The van der Waals surface area contributed by atoms with Gasteiger partial charge in [0.25, 0.3) is 10.0 Å². The second-order valence-corrected chi connectivity index (χ2v) is 9.86. The molecule has 11 heteroatoms. The van der Waals surface area contributed by atoms with Gasteiger partial charge in [0.2, 0.25) is 0 Å². The Hall–Kier alpha value is -4.12. The van der Waals surface area contributed by atoms with Gasteiger partial charge in [-0.1, -0.05) is 24.3 Å². The lowest BCUT2D eigenvalue weighted by Crippen LogP contribution is -2.17. The van der Waals surface area contributed by atoms with Crippen LogP contribution in [-0.4, -0.2) is 25.9 Å². The van der Waals surface area contributed by atoms with Crippen LogP contribution in [-0.2, 0) is 21.2 Å². The number of hydrogen-bond donors (Lipinski definition) is 2. The molecule has 192 valence electrons. The van der Waals surface area contributed by atoms with Crippen LogP contribution in [0.3, 0.4) is 0 Å². The molecule has 0 fully saturated rings. The van der Waals surface area contributed by atoms with Gasteiger partial charge in [-0.05, 0) is 88.5 Å². The van der Waals surface area contributed by atoms with Gasteiger partial charge in [0.1, 0.15) is 11.6 Å². The number of anilines is 1. The van der Waals surface area contributed by atoms with Crippen LogP contribution in [0.4, 0.5) is 23.2 Å². The van der Waals surface area contributed by atoms with Crippen molar-refractivity contribution < 1.29 is 40.6 Å². The van der Waals surface area contributed by atoms with Crippen molar-refractivity contribution in [2.45, 2.75) is 24.6 Å². The lowest BCUT2D eigenvalue weighted by molar-refractivity contribution is -0.274. The first-order valence-electron chi connectivity index (χ1n) is 10.7. The van der Waals surface area contributed by atoms with Crippen molar-refractivity contribution in [1.29, 1.82) is 0 Å². The minimum Gasteiger partial charge on any atom is -0.481 e. The van der Waals surface area contributed by atoms with Gasteiger partial charge in [0.15, 0.2) is 0 Å².